The number of amides is 1. The third-order valence-electron chi connectivity index (χ3n) is 3.92. The third kappa shape index (κ3) is 2.86. The third-order valence-corrected chi connectivity index (χ3v) is 3.92. The van der Waals surface area contributed by atoms with Crippen LogP contribution < -0.4 is 0 Å². The Bertz CT molecular complexity index is 672. The highest BCUT2D eigenvalue weighted by Gasteiger charge is 2.28. The van der Waals surface area contributed by atoms with Crippen molar-refractivity contribution in [2.45, 2.75) is 12.8 Å². The van der Waals surface area contributed by atoms with Crippen molar-refractivity contribution in [2.75, 3.05) is 13.1 Å². The van der Waals surface area contributed by atoms with Crippen molar-refractivity contribution in [3.8, 4) is 11.3 Å². The second kappa shape index (κ2) is 6.01. The number of aromatic nitrogens is 1. The average molecular weight is 300 g/mol. The molecule has 22 heavy (non-hydrogen) atoms. The fourth-order valence-corrected chi connectivity index (χ4v) is 2.61. The van der Waals surface area contributed by atoms with E-state index in [9.17, 15) is 9.59 Å². The molecule has 6 nitrogen and oxygen atoms in total. The molecule has 2 heterocycles. The van der Waals surface area contributed by atoms with E-state index in [0.29, 0.717) is 31.7 Å². The SMILES string of the molecule is O=C(O)C1CCN(C(=O)c2cc(-c3ccccc3)on2)CC1. The molecule has 1 aliphatic heterocycles. The van der Waals surface area contributed by atoms with E-state index < -0.39 is 5.97 Å². The summed E-state index contributed by atoms with van der Waals surface area (Å²) in [5.41, 5.74) is 1.12. The molecule has 0 saturated carbocycles. The van der Waals surface area contributed by atoms with Gasteiger partial charge in [0.15, 0.2) is 11.5 Å². The first-order valence-corrected chi connectivity index (χ1v) is 7.19. The number of likely N-dealkylation sites (tertiary alicyclic amines) is 1. The molecule has 1 fully saturated rings. The van der Waals surface area contributed by atoms with Crippen LogP contribution in [0.2, 0.25) is 0 Å². The average Bonchev–Trinajstić information content (AvgIpc) is 3.05. The van der Waals surface area contributed by atoms with Crippen molar-refractivity contribution in [3.63, 3.8) is 0 Å². The molecule has 1 N–H and O–H groups in total. The van der Waals surface area contributed by atoms with E-state index in [0.717, 1.165) is 5.56 Å². The van der Waals surface area contributed by atoms with Crippen molar-refractivity contribution >= 4 is 11.9 Å². The molecular weight excluding hydrogens is 284 g/mol. The minimum atomic E-state index is -0.792. The predicted octanol–water partition coefficient (Wildman–Crippen LogP) is 2.28. The Labute approximate surface area is 127 Å². The van der Waals surface area contributed by atoms with Gasteiger partial charge >= 0.3 is 5.97 Å². The first-order chi connectivity index (χ1) is 10.6. The molecule has 2 aromatic rings. The Morgan fingerprint density at radius 1 is 1.18 bits per heavy atom. The molecular formula is C16H16N2O4. The van der Waals surface area contributed by atoms with Gasteiger partial charge in [0.1, 0.15) is 0 Å². The summed E-state index contributed by atoms with van der Waals surface area (Å²) in [4.78, 5) is 24.9. The second-order valence-electron chi connectivity index (χ2n) is 5.35. The lowest BCUT2D eigenvalue weighted by Gasteiger charge is -2.29. The van der Waals surface area contributed by atoms with Gasteiger partial charge in [0, 0.05) is 24.7 Å². The number of piperidine rings is 1. The maximum absolute atomic E-state index is 12.4. The summed E-state index contributed by atoms with van der Waals surface area (Å²) in [6.07, 6.45) is 0.953. The van der Waals surface area contributed by atoms with Crippen LogP contribution in [0, 0.1) is 5.92 Å². The van der Waals surface area contributed by atoms with Gasteiger partial charge in [0.25, 0.3) is 5.91 Å². The molecule has 1 saturated heterocycles. The van der Waals surface area contributed by atoms with E-state index in [2.05, 4.69) is 5.16 Å². The topological polar surface area (TPSA) is 83.6 Å². The number of hydrogen-bond donors (Lipinski definition) is 1. The van der Waals surface area contributed by atoms with Crippen molar-refractivity contribution in [2.24, 2.45) is 5.92 Å². The van der Waals surface area contributed by atoms with Crippen molar-refractivity contribution < 1.29 is 19.2 Å². The first kappa shape index (κ1) is 14.3. The smallest absolute Gasteiger partial charge is 0.306 e. The monoisotopic (exact) mass is 300 g/mol. The van der Waals surface area contributed by atoms with Crippen molar-refractivity contribution in [1.82, 2.24) is 10.1 Å². The predicted molar refractivity (Wildman–Crippen MR) is 78.2 cm³/mol. The quantitative estimate of drug-likeness (QED) is 0.940. The molecule has 0 bridgehead atoms. The first-order valence-electron chi connectivity index (χ1n) is 7.19. The number of nitrogens with zero attached hydrogens (tertiary/aromatic N) is 2. The van der Waals surface area contributed by atoms with E-state index in [4.69, 9.17) is 9.63 Å². The van der Waals surface area contributed by atoms with Crippen LogP contribution in [0.15, 0.2) is 40.9 Å². The Hall–Kier alpha value is -2.63. The number of carbonyl (C=O) groups excluding carboxylic acids is 1. The zero-order chi connectivity index (χ0) is 15.5. The Balaban J connectivity index is 1.69. The Morgan fingerprint density at radius 3 is 2.50 bits per heavy atom. The summed E-state index contributed by atoms with van der Waals surface area (Å²) in [5.74, 6) is -0.819. The number of rotatable bonds is 3. The van der Waals surface area contributed by atoms with Gasteiger partial charge < -0.3 is 14.5 Å². The van der Waals surface area contributed by atoms with Crippen LogP contribution >= 0.6 is 0 Å². The summed E-state index contributed by atoms with van der Waals surface area (Å²) in [7, 11) is 0. The normalized spacial score (nSPS) is 15.7. The van der Waals surface area contributed by atoms with E-state index >= 15 is 0 Å². The lowest BCUT2D eigenvalue weighted by atomic mass is 9.97. The zero-order valence-electron chi connectivity index (χ0n) is 11.9. The van der Waals surface area contributed by atoms with Crippen LogP contribution in [0.4, 0.5) is 0 Å². The summed E-state index contributed by atoms with van der Waals surface area (Å²) < 4.78 is 5.23. The van der Waals surface area contributed by atoms with Gasteiger partial charge in [-0.3, -0.25) is 9.59 Å². The number of carbonyl (C=O) groups is 2. The van der Waals surface area contributed by atoms with Gasteiger partial charge in [-0.1, -0.05) is 35.5 Å². The van der Waals surface area contributed by atoms with Gasteiger partial charge in [-0.25, -0.2) is 0 Å². The standard InChI is InChI=1S/C16H16N2O4/c19-15(18-8-6-12(7-9-18)16(20)21)13-10-14(22-17-13)11-4-2-1-3-5-11/h1-5,10,12H,6-9H2,(H,20,21). The van der Waals surface area contributed by atoms with Gasteiger partial charge in [-0.05, 0) is 12.8 Å². The summed E-state index contributed by atoms with van der Waals surface area (Å²) >= 11 is 0. The van der Waals surface area contributed by atoms with Crippen LogP contribution in [0.1, 0.15) is 23.3 Å². The second-order valence-corrected chi connectivity index (χ2v) is 5.35. The molecule has 0 unspecified atom stereocenters. The molecule has 114 valence electrons. The Kier molecular flexibility index (Phi) is 3.91. The minimum Gasteiger partial charge on any atom is -0.481 e. The van der Waals surface area contributed by atoms with E-state index in [1.165, 1.54) is 0 Å². The summed E-state index contributed by atoms with van der Waals surface area (Å²) in [5, 5.41) is 12.8. The number of benzene rings is 1. The maximum Gasteiger partial charge on any atom is 0.306 e. The number of hydrogen-bond acceptors (Lipinski definition) is 4. The van der Waals surface area contributed by atoms with Crippen molar-refractivity contribution in [3.05, 3.63) is 42.1 Å². The lowest BCUT2D eigenvalue weighted by Crippen LogP contribution is -2.40. The molecule has 1 aliphatic rings. The van der Waals surface area contributed by atoms with Crippen molar-refractivity contribution in [1.29, 1.82) is 0 Å². The van der Waals surface area contributed by atoms with E-state index in [-0.39, 0.29) is 17.5 Å². The van der Waals surface area contributed by atoms with Crippen LogP contribution in [0.3, 0.4) is 0 Å². The number of aliphatic carboxylic acids is 1. The van der Waals surface area contributed by atoms with Gasteiger partial charge in [0.05, 0.1) is 5.92 Å². The van der Waals surface area contributed by atoms with E-state index in [1.807, 2.05) is 30.3 Å². The van der Waals surface area contributed by atoms with Crippen LogP contribution in [-0.4, -0.2) is 40.1 Å². The highest BCUT2D eigenvalue weighted by molar-refractivity contribution is 5.93. The van der Waals surface area contributed by atoms with E-state index in [1.54, 1.807) is 11.0 Å². The molecule has 0 aliphatic carbocycles. The largest absolute Gasteiger partial charge is 0.481 e. The summed E-state index contributed by atoms with van der Waals surface area (Å²) in [6.45, 7) is 0.868. The van der Waals surface area contributed by atoms with Gasteiger partial charge in [-0.15, -0.1) is 0 Å². The van der Waals surface area contributed by atoms with Crippen LogP contribution in [0.5, 0.6) is 0 Å². The summed E-state index contributed by atoms with van der Waals surface area (Å²) in [6, 6.07) is 11.1. The highest BCUT2D eigenvalue weighted by Crippen LogP contribution is 2.22. The Morgan fingerprint density at radius 2 is 1.86 bits per heavy atom. The molecule has 0 atom stereocenters. The molecule has 0 spiro atoms. The molecule has 0 radical (unpaired) electrons. The van der Waals surface area contributed by atoms with Gasteiger partial charge in [-0.2, -0.15) is 0 Å². The zero-order valence-corrected chi connectivity index (χ0v) is 11.9. The molecule has 1 amide bonds. The highest BCUT2D eigenvalue weighted by atomic mass is 16.5. The molecule has 1 aromatic carbocycles. The number of carboxylic acids is 1. The molecule has 6 heteroatoms. The molecule has 1 aromatic heterocycles. The lowest BCUT2D eigenvalue weighted by molar-refractivity contribution is -0.143. The fraction of sp³-hybridized carbons (Fsp3) is 0.312. The van der Waals surface area contributed by atoms with Crippen LogP contribution in [0.25, 0.3) is 11.3 Å². The number of carboxylic acid groups (broad SMARTS) is 1. The fourth-order valence-electron chi connectivity index (χ4n) is 2.61. The molecule has 3 rings (SSSR count). The minimum absolute atomic E-state index is 0.213. The van der Waals surface area contributed by atoms with Crippen LogP contribution in [-0.2, 0) is 4.79 Å². The van der Waals surface area contributed by atoms with Gasteiger partial charge in [0.2, 0.25) is 0 Å². The maximum atomic E-state index is 12.4.